The summed E-state index contributed by atoms with van der Waals surface area (Å²) in [5, 5.41) is 9.69. The minimum Gasteiger partial charge on any atom is -0.508 e. The number of aromatic hydroxyl groups is 1. The van der Waals surface area contributed by atoms with E-state index < -0.39 is 5.60 Å². The fourth-order valence-electron chi connectivity index (χ4n) is 6.02. The Labute approximate surface area is 190 Å². The van der Waals surface area contributed by atoms with Gasteiger partial charge in [0.15, 0.2) is 0 Å². The zero-order valence-electron chi connectivity index (χ0n) is 21.0. The lowest BCUT2D eigenvalue weighted by molar-refractivity contribution is -0.121. The van der Waals surface area contributed by atoms with Crippen molar-refractivity contribution in [1.82, 2.24) is 4.90 Å². The summed E-state index contributed by atoms with van der Waals surface area (Å²) in [6.07, 6.45) is 9.08. The minimum atomic E-state index is -0.494. The van der Waals surface area contributed by atoms with Gasteiger partial charge in [-0.05, 0) is 81.4 Å². The van der Waals surface area contributed by atoms with Crippen LogP contribution in [0, 0.1) is 10.8 Å². The molecule has 1 saturated carbocycles. The summed E-state index contributed by atoms with van der Waals surface area (Å²) < 4.78 is 5.83. The highest BCUT2D eigenvalue weighted by molar-refractivity contribution is 5.69. The van der Waals surface area contributed by atoms with Gasteiger partial charge in [-0.25, -0.2) is 4.79 Å². The summed E-state index contributed by atoms with van der Waals surface area (Å²) in [4.78, 5) is 15.2. The molecule has 1 aromatic carbocycles. The number of carbonyl (C=O) groups is 1. The van der Waals surface area contributed by atoms with Crippen LogP contribution in [0.25, 0.3) is 0 Å². The smallest absolute Gasteiger partial charge is 0.410 e. The van der Waals surface area contributed by atoms with E-state index in [1.165, 1.54) is 37.7 Å². The number of hydrogen-bond acceptors (Lipinski definition) is 3. The lowest BCUT2D eigenvalue weighted by Gasteiger charge is -2.62. The Balaban J connectivity index is 0.00000166. The normalized spacial score (nSPS) is 28.2. The standard InChI is InChI=1S/C25H39NO3.C2H6/c1-6-13-25-15-8-7-14-24(25,5)21(18-19-9-11-20(27)12-10-19)26(17-16-25)22(28)29-23(2,3)4;1-2/h9-12,21,27H,6-8,13-18H2,1-5H3;1-2H3. The van der Waals surface area contributed by atoms with Crippen molar-refractivity contribution in [3.05, 3.63) is 29.8 Å². The van der Waals surface area contributed by atoms with Gasteiger partial charge >= 0.3 is 6.09 Å². The van der Waals surface area contributed by atoms with Crippen LogP contribution in [0.15, 0.2) is 24.3 Å². The van der Waals surface area contributed by atoms with Crippen LogP contribution in [0.2, 0.25) is 0 Å². The number of fused-ring (bicyclic) bond motifs is 1. The molecule has 0 spiro atoms. The molecule has 1 N–H and O–H groups in total. The second kappa shape index (κ2) is 10.3. The maximum Gasteiger partial charge on any atom is 0.410 e. The van der Waals surface area contributed by atoms with Crippen LogP contribution < -0.4 is 0 Å². The Hall–Kier alpha value is -1.71. The molecule has 3 rings (SSSR count). The molecule has 1 saturated heterocycles. The molecule has 1 aromatic rings. The number of ether oxygens (including phenoxy) is 1. The molecule has 176 valence electrons. The average Bonchev–Trinajstić information content (AvgIpc) is 2.71. The molecule has 2 fully saturated rings. The van der Waals surface area contributed by atoms with Gasteiger partial charge in [0.1, 0.15) is 11.4 Å². The van der Waals surface area contributed by atoms with E-state index in [2.05, 4.69) is 13.8 Å². The molecule has 2 aliphatic rings. The van der Waals surface area contributed by atoms with Gasteiger partial charge < -0.3 is 14.7 Å². The predicted octanol–water partition coefficient (Wildman–Crippen LogP) is 7.34. The lowest BCUT2D eigenvalue weighted by atomic mass is 9.48. The molecule has 3 atom stereocenters. The number of likely N-dealkylation sites (tertiary alicyclic amines) is 1. The van der Waals surface area contributed by atoms with Gasteiger partial charge in [0.05, 0.1) is 0 Å². The third kappa shape index (κ3) is 5.56. The number of rotatable bonds is 4. The van der Waals surface area contributed by atoms with Crippen LogP contribution in [0.1, 0.15) is 99.0 Å². The first-order valence-corrected chi connectivity index (χ1v) is 12.4. The molecule has 4 heteroatoms. The van der Waals surface area contributed by atoms with E-state index >= 15 is 0 Å². The number of phenols is 1. The monoisotopic (exact) mass is 431 g/mol. The average molecular weight is 432 g/mol. The lowest BCUT2D eigenvalue weighted by Crippen LogP contribution is -2.64. The second-order valence-electron chi connectivity index (χ2n) is 10.5. The van der Waals surface area contributed by atoms with Gasteiger partial charge in [-0.2, -0.15) is 0 Å². The van der Waals surface area contributed by atoms with Crippen molar-refractivity contribution in [1.29, 1.82) is 0 Å². The quantitative estimate of drug-likeness (QED) is 0.542. The number of hydrogen-bond donors (Lipinski definition) is 1. The third-order valence-corrected chi connectivity index (χ3v) is 7.48. The molecule has 4 nitrogen and oxygen atoms in total. The van der Waals surface area contributed by atoms with Gasteiger partial charge in [0, 0.05) is 12.6 Å². The Bertz CT molecular complexity index is 704. The maximum atomic E-state index is 13.2. The molecule has 1 amide bonds. The SMILES string of the molecule is CC.CCCC12CCCCC1(C)C(Cc1ccc(O)cc1)N(C(=O)OC(C)(C)C)CC2. The summed E-state index contributed by atoms with van der Waals surface area (Å²) in [5.74, 6) is 0.283. The van der Waals surface area contributed by atoms with Crippen molar-refractivity contribution in [2.75, 3.05) is 6.54 Å². The van der Waals surface area contributed by atoms with Gasteiger partial charge in [-0.3, -0.25) is 0 Å². The van der Waals surface area contributed by atoms with E-state index in [0.717, 1.165) is 25.8 Å². The molecule has 1 heterocycles. The zero-order valence-corrected chi connectivity index (χ0v) is 21.0. The summed E-state index contributed by atoms with van der Waals surface area (Å²) in [5.41, 5.74) is 1.06. The van der Waals surface area contributed by atoms with E-state index in [4.69, 9.17) is 4.74 Å². The van der Waals surface area contributed by atoms with Crippen LogP contribution in [0.4, 0.5) is 4.79 Å². The maximum absolute atomic E-state index is 13.2. The second-order valence-corrected chi connectivity index (χ2v) is 10.5. The van der Waals surface area contributed by atoms with Gasteiger partial charge in [-0.1, -0.05) is 59.1 Å². The molecular formula is C27H45NO3. The Morgan fingerprint density at radius 1 is 1.13 bits per heavy atom. The molecule has 3 unspecified atom stereocenters. The van der Waals surface area contributed by atoms with Crippen molar-refractivity contribution < 1.29 is 14.6 Å². The van der Waals surface area contributed by atoms with Crippen molar-refractivity contribution in [3.8, 4) is 5.75 Å². The first kappa shape index (κ1) is 25.5. The fraction of sp³-hybridized carbons (Fsp3) is 0.741. The molecule has 1 aliphatic carbocycles. The van der Waals surface area contributed by atoms with Crippen molar-refractivity contribution in [2.45, 2.75) is 111 Å². The zero-order chi connectivity index (χ0) is 23.3. The summed E-state index contributed by atoms with van der Waals surface area (Å²) in [7, 11) is 0. The highest BCUT2D eigenvalue weighted by atomic mass is 16.6. The number of nitrogens with zero attached hydrogens (tertiary/aromatic N) is 1. The fourth-order valence-corrected chi connectivity index (χ4v) is 6.02. The Kier molecular flexibility index (Phi) is 8.47. The van der Waals surface area contributed by atoms with Crippen LogP contribution in [-0.4, -0.2) is 34.3 Å². The van der Waals surface area contributed by atoms with Crippen molar-refractivity contribution >= 4 is 6.09 Å². The first-order chi connectivity index (χ1) is 14.6. The highest BCUT2D eigenvalue weighted by Gasteiger charge is 2.58. The number of carbonyl (C=O) groups excluding carboxylic acids is 1. The molecule has 1 aliphatic heterocycles. The molecule has 0 bridgehead atoms. The largest absolute Gasteiger partial charge is 0.508 e. The number of phenolic OH excluding ortho intramolecular Hbond substituents is 1. The van der Waals surface area contributed by atoms with E-state index in [9.17, 15) is 9.90 Å². The molecular weight excluding hydrogens is 386 g/mol. The van der Waals surface area contributed by atoms with E-state index in [-0.39, 0.29) is 23.3 Å². The minimum absolute atomic E-state index is 0.0777. The van der Waals surface area contributed by atoms with Gasteiger partial charge in [0.2, 0.25) is 0 Å². The van der Waals surface area contributed by atoms with Crippen LogP contribution in [0.3, 0.4) is 0 Å². The van der Waals surface area contributed by atoms with E-state index in [1.54, 1.807) is 12.1 Å². The summed E-state index contributed by atoms with van der Waals surface area (Å²) in [6, 6.07) is 7.59. The topological polar surface area (TPSA) is 49.8 Å². The van der Waals surface area contributed by atoms with Gasteiger partial charge in [0.25, 0.3) is 0 Å². The third-order valence-electron chi connectivity index (χ3n) is 7.48. The van der Waals surface area contributed by atoms with E-state index in [1.807, 2.05) is 51.7 Å². The molecule has 0 radical (unpaired) electrons. The van der Waals surface area contributed by atoms with E-state index in [0.29, 0.717) is 5.41 Å². The molecule has 31 heavy (non-hydrogen) atoms. The van der Waals surface area contributed by atoms with Crippen molar-refractivity contribution in [2.24, 2.45) is 10.8 Å². The van der Waals surface area contributed by atoms with Crippen molar-refractivity contribution in [3.63, 3.8) is 0 Å². The Morgan fingerprint density at radius 3 is 2.32 bits per heavy atom. The van der Waals surface area contributed by atoms with Crippen LogP contribution in [0.5, 0.6) is 5.75 Å². The van der Waals surface area contributed by atoms with Gasteiger partial charge in [-0.15, -0.1) is 0 Å². The summed E-state index contributed by atoms with van der Waals surface area (Å²) in [6.45, 7) is 15.3. The highest BCUT2D eigenvalue weighted by Crippen LogP contribution is 2.61. The predicted molar refractivity (Wildman–Crippen MR) is 128 cm³/mol. The van der Waals surface area contributed by atoms with Crippen LogP contribution >= 0.6 is 0 Å². The number of piperidine rings is 1. The first-order valence-electron chi connectivity index (χ1n) is 12.4. The van der Waals surface area contributed by atoms with Crippen LogP contribution in [-0.2, 0) is 11.2 Å². The number of amides is 1. The molecule has 0 aromatic heterocycles. The Morgan fingerprint density at radius 2 is 1.74 bits per heavy atom. The number of benzene rings is 1. The summed E-state index contributed by atoms with van der Waals surface area (Å²) >= 11 is 0.